The molecule has 0 spiro atoms. The van der Waals surface area contributed by atoms with Crippen LogP contribution in [0.25, 0.3) is 0 Å². The first-order valence-corrected chi connectivity index (χ1v) is 5.00. The van der Waals surface area contributed by atoms with E-state index in [0.717, 1.165) is 0 Å². The number of hydrogen-bond donors (Lipinski definition) is 0. The molecule has 0 atom stereocenters. The Labute approximate surface area is 98.0 Å². The zero-order valence-corrected chi connectivity index (χ0v) is 9.25. The molecule has 2 aromatic heterocycles. The third-order valence-corrected chi connectivity index (χ3v) is 2.05. The molecule has 0 radical (unpaired) electrons. The summed E-state index contributed by atoms with van der Waals surface area (Å²) in [4.78, 5) is 15.1. The van der Waals surface area contributed by atoms with Gasteiger partial charge in [-0.3, -0.25) is 0 Å². The highest BCUT2D eigenvalue weighted by Crippen LogP contribution is 2.12. The monoisotopic (exact) mass is 233 g/mol. The first-order valence-electron chi connectivity index (χ1n) is 5.00. The van der Waals surface area contributed by atoms with Crippen LogP contribution in [0, 0.1) is 0 Å². The third-order valence-electron chi connectivity index (χ3n) is 2.05. The van der Waals surface area contributed by atoms with Crippen LogP contribution in [0.4, 0.5) is 0 Å². The van der Waals surface area contributed by atoms with Crippen LogP contribution in [0.5, 0.6) is 5.88 Å². The van der Waals surface area contributed by atoms with Crippen LogP contribution in [-0.4, -0.2) is 18.1 Å². The summed E-state index contributed by atoms with van der Waals surface area (Å²) in [6.07, 6.45) is 1.64. The van der Waals surface area contributed by atoms with Crippen LogP contribution in [-0.2, 0) is 11.3 Å². The smallest absolute Gasteiger partial charge is 0.373 e. The van der Waals surface area contributed by atoms with Crippen molar-refractivity contribution in [1.29, 1.82) is 0 Å². The molecule has 0 aliphatic rings. The lowest BCUT2D eigenvalue weighted by Crippen LogP contribution is -1.99. The van der Waals surface area contributed by atoms with Gasteiger partial charge in [-0.1, -0.05) is 6.07 Å². The van der Waals surface area contributed by atoms with Gasteiger partial charge in [-0.05, 0) is 18.2 Å². The van der Waals surface area contributed by atoms with Gasteiger partial charge in [0.05, 0.1) is 7.11 Å². The molecule has 0 unspecified atom stereocenters. The molecule has 5 nitrogen and oxygen atoms in total. The maximum Gasteiger partial charge on any atom is 0.373 e. The second kappa shape index (κ2) is 5.16. The van der Waals surface area contributed by atoms with Crippen molar-refractivity contribution in [3.8, 4) is 5.88 Å². The Kier molecular flexibility index (Phi) is 3.40. The largest absolute Gasteiger partial charge is 0.469 e. The Balaban J connectivity index is 1.96. The van der Waals surface area contributed by atoms with E-state index in [1.165, 1.54) is 7.11 Å². The zero-order valence-electron chi connectivity index (χ0n) is 9.25. The number of nitrogens with zero attached hydrogens (tertiary/aromatic N) is 1. The quantitative estimate of drug-likeness (QED) is 0.756. The normalized spacial score (nSPS) is 9.94. The van der Waals surface area contributed by atoms with E-state index in [1.54, 1.807) is 30.5 Å². The average molecular weight is 233 g/mol. The average Bonchev–Trinajstić information content (AvgIpc) is 2.85. The SMILES string of the molecule is COC(=O)c1ccc(COc2ccccn2)o1. The van der Waals surface area contributed by atoms with Gasteiger partial charge in [0.2, 0.25) is 11.6 Å². The van der Waals surface area contributed by atoms with Crippen molar-refractivity contribution in [1.82, 2.24) is 4.98 Å². The molecule has 0 bridgehead atoms. The maximum absolute atomic E-state index is 11.1. The molecule has 0 aromatic carbocycles. The van der Waals surface area contributed by atoms with Crippen LogP contribution in [0.3, 0.4) is 0 Å². The number of esters is 1. The fraction of sp³-hybridized carbons (Fsp3) is 0.167. The van der Waals surface area contributed by atoms with E-state index in [2.05, 4.69) is 9.72 Å². The summed E-state index contributed by atoms with van der Waals surface area (Å²) in [5, 5.41) is 0. The fourth-order valence-electron chi connectivity index (χ4n) is 1.24. The van der Waals surface area contributed by atoms with Crippen LogP contribution in [0.2, 0.25) is 0 Å². The van der Waals surface area contributed by atoms with Crippen molar-refractivity contribution in [3.05, 3.63) is 48.0 Å². The van der Waals surface area contributed by atoms with Crippen molar-refractivity contribution in [2.45, 2.75) is 6.61 Å². The molecule has 0 aliphatic heterocycles. The summed E-state index contributed by atoms with van der Waals surface area (Å²) in [5.41, 5.74) is 0. The molecule has 0 amide bonds. The van der Waals surface area contributed by atoms with E-state index in [-0.39, 0.29) is 12.4 Å². The van der Waals surface area contributed by atoms with Gasteiger partial charge in [-0.15, -0.1) is 0 Å². The van der Waals surface area contributed by atoms with Gasteiger partial charge in [0.25, 0.3) is 0 Å². The molecule has 2 heterocycles. The summed E-state index contributed by atoms with van der Waals surface area (Å²) in [7, 11) is 1.30. The molecule has 0 N–H and O–H groups in total. The molecular weight excluding hydrogens is 222 g/mol. The van der Waals surface area contributed by atoms with E-state index in [1.807, 2.05) is 6.07 Å². The van der Waals surface area contributed by atoms with Gasteiger partial charge in [0.1, 0.15) is 12.4 Å². The number of aromatic nitrogens is 1. The van der Waals surface area contributed by atoms with Crippen molar-refractivity contribution in [3.63, 3.8) is 0 Å². The fourth-order valence-corrected chi connectivity index (χ4v) is 1.24. The highest BCUT2D eigenvalue weighted by atomic mass is 16.5. The number of ether oxygens (including phenoxy) is 2. The molecule has 0 fully saturated rings. The van der Waals surface area contributed by atoms with Crippen LogP contribution in [0.1, 0.15) is 16.3 Å². The van der Waals surface area contributed by atoms with Crippen molar-refractivity contribution < 1.29 is 18.7 Å². The predicted molar refractivity (Wildman–Crippen MR) is 58.6 cm³/mol. The molecule has 2 aromatic rings. The molecule has 17 heavy (non-hydrogen) atoms. The predicted octanol–water partition coefficient (Wildman–Crippen LogP) is 2.04. The van der Waals surface area contributed by atoms with Crippen molar-refractivity contribution in [2.24, 2.45) is 0 Å². The molecule has 5 heteroatoms. The van der Waals surface area contributed by atoms with Crippen molar-refractivity contribution >= 4 is 5.97 Å². The van der Waals surface area contributed by atoms with Gasteiger partial charge >= 0.3 is 5.97 Å². The lowest BCUT2D eigenvalue weighted by Gasteiger charge is -2.01. The summed E-state index contributed by atoms with van der Waals surface area (Å²) in [6, 6.07) is 8.57. The highest BCUT2D eigenvalue weighted by molar-refractivity contribution is 5.86. The molecule has 88 valence electrons. The lowest BCUT2D eigenvalue weighted by atomic mass is 10.4. The first-order chi connectivity index (χ1) is 8.29. The highest BCUT2D eigenvalue weighted by Gasteiger charge is 2.11. The van der Waals surface area contributed by atoms with E-state index in [0.29, 0.717) is 11.6 Å². The summed E-state index contributed by atoms with van der Waals surface area (Å²) >= 11 is 0. The minimum atomic E-state index is -0.505. The van der Waals surface area contributed by atoms with E-state index in [4.69, 9.17) is 9.15 Å². The second-order valence-corrected chi connectivity index (χ2v) is 3.21. The summed E-state index contributed by atoms with van der Waals surface area (Å²) < 4.78 is 15.1. The molecule has 0 aliphatic carbocycles. The van der Waals surface area contributed by atoms with Crippen LogP contribution >= 0.6 is 0 Å². The lowest BCUT2D eigenvalue weighted by molar-refractivity contribution is 0.0561. The third kappa shape index (κ3) is 2.84. The second-order valence-electron chi connectivity index (χ2n) is 3.21. The molecule has 0 saturated heterocycles. The Bertz CT molecular complexity index is 492. The van der Waals surface area contributed by atoms with E-state index in [9.17, 15) is 4.79 Å². The molecular formula is C12H11NO4. The van der Waals surface area contributed by atoms with Crippen LogP contribution in [0.15, 0.2) is 40.9 Å². The molecule has 0 saturated carbocycles. The number of furan rings is 1. The van der Waals surface area contributed by atoms with E-state index < -0.39 is 5.97 Å². The van der Waals surface area contributed by atoms with Gasteiger partial charge in [-0.25, -0.2) is 9.78 Å². The number of pyridine rings is 1. The Morgan fingerprint density at radius 3 is 2.94 bits per heavy atom. The van der Waals surface area contributed by atoms with Gasteiger partial charge < -0.3 is 13.9 Å². The number of carbonyl (C=O) groups is 1. The Morgan fingerprint density at radius 2 is 2.24 bits per heavy atom. The number of hydrogen-bond acceptors (Lipinski definition) is 5. The number of methoxy groups -OCH3 is 1. The number of carbonyl (C=O) groups excluding carboxylic acids is 1. The van der Waals surface area contributed by atoms with Crippen LogP contribution < -0.4 is 4.74 Å². The first kappa shape index (κ1) is 11.2. The Morgan fingerprint density at radius 1 is 1.35 bits per heavy atom. The Hall–Kier alpha value is -2.30. The minimum absolute atomic E-state index is 0.159. The van der Waals surface area contributed by atoms with Crippen molar-refractivity contribution in [2.75, 3.05) is 7.11 Å². The summed E-state index contributed by atoms with van der Waals surface area (Å²) in [6.45, 7) is 0.216. The van der Waals surface area contributed by atoms with Gasteiger partial charge in [0.15, 0.2) is 0 Å². The van der Waals surface area contributed by atoms with E-state index >= 15 is 0 Å². The van der Waals surface area contributed by atoms with Gasteiger partial charge in [0, 0.05) is 12.3 Å². The standard InChI is InChI=1S/C12H11NO4/c1-15-12(14)10-6-5-9(17-10)8-16-11-4-2-3-7-13-11/h2-7H,8H2,1H3. The minimum Gasteiger partial charge on any atom is -0.469 e. The molecule has 2 rings (SSSR count). The summed E-state index contributed by atoms with van der Waals surface area (Å²) in [5.74, 6) is 0.695. The van der Waals surface area contributed by atoms with Gasteiger partial charge in [-0.2, -0.15) is 0 Å². The topological polar surface area (TPSA) is 61.6 Å². The maximum atomic E-state index is 11.1. The number of rotatable bonds is 4. The zero-order chi connectivity index (χ0) is 12.1.